The van der Waals surface area contributed by atoms with E-state index in [2.05, 4.69) is 0 Å². The second-order valence-corrected chi connectivity index (χ2v) is 2.87. The lowest BCUT2D eigenvalue weighted by Gasteiger charge is -2.19. The van der Waals surface area contributed by atoms with E-state index >= 15 is 0 Å². The molecule has 1 N–H and O–H groups in total. The van der Waals surface area contributed by atoms with Gasteiger partial charge in [0.15, 0.2) is 0 Å². The molecule has 0 aliphatic heterocycles. The summed E-state index contributed by atoms with van der Waals surface area (Å²) in [7, 11) is 0. The number of rotatable bonds is 6. The smallest absolute Gasteiger partial charge is 0.223 e. The van der Waals surface area contributed by atoms with Crippen LogP contribution in [0, 0.1) is 0 Å². The lowest BCUT2D eigenvalue weighted by molar-refractivity contribution is -0.130. The van der Waals surface area contributed by atoms with Gasteiger partial charge in [0.05, 0.1) is 0 Å². The van der Waals surface area contributed by atoms with Crippen molar-refractivity contribution in [3.8, 4) is 0 Å². The van der Waals surface area contributed by atoms with Crippen LogP contribution in [0.5, 0.6) is 0 Å². The van der Waals surface area contributed by atoms with Crippen LogP contribution >= 0.6 is 11.6 Å². The zero-order chi connectivity index (χ0) is 9.40. The fraction of sp³-hybridized carbons (Fsp3) is 0.875. The molecule has 0 rings (SSSR count). The number of amides is 1. The highest BCUT2D eigenvalue weighted by atomic mass is 35.5. The van der Waals surface area contributed by atoms with Crippen LogP contribution in [0.1, 0.15) is 19.8 Å². The summed E-state index contributed by atoms with van der Waals surface area (Å²) in [5, 5.41) is 8.56. The van der Waals surface area contributed by atoms with Gasteiger partial charge in [0.1, 0.15) is 0 Å². The predicted molar refractivity (Wildman–Crippen MR) is 49.3 cm³/mol. The fourth-order valence-corrected chi connectivity index (χ4v) is 1.12. The largest absolute Gasteiger partial charge is 0.396 e. The highest BCUT2D eigenvalue weighted by Gasteiger charge is 2.09. The molecule has 0 saturated carbocycles. The zero-order valence-corrected chi connectivity index (χ0v) is 8.18. The Hall–Kier alpha value is -0.280. The van der Waals surface area contributed by atoms with E-state index < -0.39 is 0 Å². The quantitative estimate of drug-likeness (QED) is 0.636. The maximum absolute atomic E-state index is 11.2. The molecule has 0 aromatic carbocycles. The first-order valence-corrected chi connectivity index (χ1v) is 4.74. The van der Waals surface area contributed by atoms with E-state index in [1.165, 1.54) is 0 Å². The summed E-state index contributed by atoms with van der Waals surface area (Å²) in [6.07, 6.45) is 1.03. The van der Waals surface area contributed by atoms with Crippen LogP contribution in [0.15, 0.2) is 0 Å². The number of nitrogens with zero attached hydrogens (tertiary/aromatic N) is 1. The molecule has 0 aromatic rings. The third-order valence-electron chi connectivity index (χ3n) is 1.63. The van der Waals surface area contributed by atoms with Crippen LogP contribution in [-0.2, 0) is 4.79 Å². The van der Waals surface area contributed by atoms with E-state index in [9.17, 15) is 4.79 Å². The van der Waals surface area contributed by atoms with Gasteiger partial charge in [-0.25, -0.2) is 0 Å². The first kappa shape index (κ1) is 11.7. The van der Waals surface area contributed by atoms with E-state index in [4.69, 9.17) is 16.7 Å². The molecule has 0 bridgehead atoms. The second-order valence-electron chi connectivity index (χ2n) is 2.49. The molecule has 12 heavy (non-hydrogen) atoms. The van der Waals surface area contributed by atoms with Crippen LogP contribution in [-0.4, -0.2) is 41.5 Å². The maximum atomic E-state index is 11.2. The third-order valence-corrected chi connectivity index (χ3v) is 1.82. The Balaban J connectivity index is 3.71. The Morgan fingerprint density at radius 3 is 2.67 bits per heavy atom. The molecular formula is C8H16ClNO2. The average Bonchev–Trinajstić information content (AvgIpc) is 2.06. The number of carbonyl (C=O) groups excluding carboxylic acids is 1. The molecule has 0 spiro atoms. The number of hydrogen-bond donors (Lipinski definition) is 1. The minimum absolute atomic E-state index is 0.0703. The Bertz CT molecular complexity index is 130. The number of aliphatic hydroxyl groups is 1. The zero-order valence-electron chi connectivity index (χ0n) is 7.42. The van der Waals surface area contributed by atoms with Crippen molar-refractivity contribution in [2.45, 2.75) is 19.8 Å². The van der Waals surface area contributed by atoms with Gasteiger partial charge in [0, 0.05) is 32.0 Å². The van der Waals surface area contributed by atoms with Crippen molar-refractivity contribution >= 4 is 17.5 Å². The number of carbonyl (C=O) groups is 1. The number of alkyl halides is 1. The molecule has 0 atom stereocenters. The van der Waals surface area contributed by atoms with Crippen molar-refractivity contribution in [3.05, 3.63) is 0 Å². The fourth-order valence-electron chi connectivity index (χ4n) is 0.960. The first-order chi connectivity index (χ1) is 5.76. The molecule has 0 aliphatic carbocycles. The Morgan fingerprint density at radius 2 is 2.25 bits per heavy atom. The molecule has 0 saturated heterocycles. The topological polar surface area (TPSA) is 40.5 Å². The lowest BCUT2D eigenvalue weighted by atomic mass is 10.3. The number of halogens is 1. The summed E-state index contributed by atoms with van der Waals surface area (Å²) in [5.74, 6) is 0.440. The third kappa shape index (κ3) is 4.57. The molecule has 0 fully saturated rings. The molecule has 72 valence electrons. The van der Waals surface area contributed by atoms with Gasteiger partial charge in [0.25, 0.3) is 0 Å². The molecule has 0 aromatic heterocycles. The molecule has 0 unspecified atom stereocenters. The summed E-state index contributed by atoms with van der Waals surface area (Å²) in [6.45, 7) is 3.37. The summed E-state index contributed by atoms with van der Waals surface area (Å²) in [6, 6.07) is 0. The van der Waals surface area contributed by atoms with Crippen LogP contribution in [0.3, 0.4) is 0 Å². The molecular weight excluding hydrogens is 178 g/mol. The van der Waals surface area contributed by atoms with Gasteiger partial charge < -0.3 is 10.0 Å². The van der Waals surface area contributed by atoms with Gasteiger partial charge in [0.2, 0.25) is 5.91 Å². The predicted octanol–water partition coefficient (Wildman–Crippen LogP) is 0.846. The van der Waals surface area contributed by atoms with Gasteiger partial charge in [-0.2, -0.15) is 0 Å². The second kappa shape index (κ2) is 7.37. The van der Waals surface area contributed by atoms with Crippen LogP contribution < -0.4 is 0 Å². The molecule has 0 heterocycles. The molecule has 4 heteroatoms. The Labute approximate surface area is 78.3 Å². The van der Waals surface area contributed by atoms with Crippen molar-refractivity contribution in [2.24, 2.45) is 0 Å². The number of hydrogen-bond acceptors (Lipinski definition) is 2. The maximum Gasteiger partial charge on any atom is 0.223 e. The van der Waals surface area contributed by atoms with Gasteiger partial charge >= 0.3 is 0 Å². The highest BCUT2D eigenvalue weighted by molar-refractivity contribution is 6.18. The van der Waals surface area contributed by atoms with Crippen LogP contribution in [0.25, 0.3) is 0 Å². The highest BCUT2D eigenvalue weighted by Crippen LogP contribution is 1.97. The van der Waals surface area contributed by atoms with Gasteiger partial charge in [-0.05, 0) is 13.3 Å². The van der Waals surface area contributed by atoms with Crippen LogP contribution in [0.4, 0.5) is 0 Å². The van der Waals surface area contributed by atoms with E-state index in [-0.39, 0.29) is 12.5 Å². The summed E-state index contributed by atoms with van der Waals surface area (Å²) >= 11 is 5.43. The van der Waals surface area contributed by atoms with Crippen molar-refractivity contribution in [1.82, 2.24) is 4.90 Å². The first-order valence-electron chi connectivity index (χ1n) is 4.20. The minimum Gasteiger partial charge on any atom is -0.396 e. The summed E-state index contributed by atoms with van der Waals surface area (Å²) < 4.78 is 0. The average molecular weight is 194 g/mol. The van der Waals surface area contributed by atoms with Crippen molar-refractivity contribution < 1.29 is 9.90 Å². The SMILES string of the molecule is CCN(CCCO)C(=O)CCCl. The molecule has 0 aliphatic rings. The molecule has 1 amide bonds. The Kier molecular flexibility index (Phi) is 7.20. The van der Waals surface area contributed by atoms with Crippen LogP contribution in [0.2, 0.25) is 0 Å². The van der Waals surface area contributed by atoms with Gasteiger partial charge in [-0.3, -0.25) is 4.79 Å². The van der Waals surface area contributed by atoms with Crippen molar-refractivity contribution in [3.63, 3.8) is 0 Å². The standard InChI is InChI=1S/C8H16ClNO2/c1-2-10(6-3-7-11)8(12)4-5-9/h11H,2-7H2,1H3. The molecule has 3 nitrogen and oxygen atoms in total. The molecule has 0 radical (unpaired) electrons. The minimum atomic E-state index is 0.0703. The lowest BCUT2D eigenvalue weighted by Crippen LogP contribution is -2.32. The van der Waals surface area contributed by atoms with Crippen molar-refractivity contribution in [2.75, 3.05) is 25.6 Å². The Morgan fingerprint density at radius 1 is 1.58 bits per heavy atom. The van der Waals surface area contributed by atoms with Gasteiger partial charge in [-0.1, -0.05) is 0 Å². The van der Waals surface area contributed by atoms with E-state index in [1.54, 1.807) is 4.90 Å². The normalized spacial score (nSPS) is 9.92. The monoisotopic (exact) mass is 193 g/mol. The van der Waals surface area contributed by atoms with Crippen molar-refractivity contribution in [1.29, 1.82) is 0 Å². The van der Waals surface area contributed by atoms with E-state index in [0.717, 1.165) is 0 Å². The van der Waals surface area contributed by atoms with E-state index in [0.29, 0.717) is 31.8 Å². The summed E-state index contributed by atoms with van der Waals surface area (Å²) in [5.41, 5.74) is 0. The number of aliphatic hydroxyl groups excluding tert-OH is 1. The van der Waals surface area contributed by atoms with E-state index in [1.807, 2.05) is 6.92 Å². The van der Waals surface area contributed by atoms with Gasteiger partial charge in [-0.15, -0.1) is 11.6 Å². The summed E-state index contributed by atoms with van der Waals surface area (Å²) in [4.78, 5) is 12.9.